The maximum absolute atomic E-state index is 11.9. The molecule has 2 aromatic heterocycles. The maximum Gasteiger partial charge on any atom is 0.317 e. The first kappa shape index (κ1) is 13.3. The summed E-state index contributed by atoms with van der Waals surface area (Å²) in [6.07, 6.45) is 4.75. The summed E-state index contributed by atoms with van der Waals surface area (Å²) < 4.78 is 2.00. The summed E-state index contributed by atoms with van der Waals surface area (Å²) >= 11 is 1.90. The van der Waals surface area contributed by atoms with Crippen molar-refractivity contribution in [2.24, 2.45) is 0 Å². The molecule has 0 aliphatic carbocycles. The lowest BCUT2D eigenvalue weighted by molar-refractivity contribution is 0.203. The van der Waals surface area contributed by atoms with Crippen molar-refractivity contribution in [2.75, 3.05) is 31.1 Å². The highest BCUT2D eigenvalue weighted by atomic mass is 32.2. The summed E-state index contributed by atoms with van der Waals surface area (Å²) in [7, 11) is 0. The highest BCUT2D eigenvalue weighted by Gasteiger charge is 2.15. The fraction of sp³-hybridized carbons (Fsp3) is 0.429. The van der Waals surface area contributed by atoms with Crippen LogP contribution in [0.15, 0.2) is 30.6 Å². The van der Waals surface area contributed by atoms with Crippen molar-refractivity contribution >= 4 is 23.4 Å². The van der Waals surface area contributed by atoms with Gasteiger partial charge in [-0.15, -0.1) is 0 Å². The van der Waals surface area contributed by atoms with Crippen LogP contribution in [-0.2, 0) is 6.42 Å². The van der Waals surface area contributed by atoms with Gasteiger partial charge < -0.3 is 14.6 Å². The summed E-state index contributed by atoms with van der Waals surface area (Å²) in [6.45, 7) is 2.34. The van der Waals surface area contributed by atoms with Crippen molar-refractivity contribution in [1.29, 1.82) is 0 Å². The second-order valence-electron chi connectivity index (χ2n) is 4.78. The fourth-order valence-corrected chi connectivity index (χ4v) is 3.19. The molecule has 6 heteroatoms. The average Bonchev–Trinajstić information content (AvgIpc) is 2.90. The monoisotopic (exact) mass is 290 g/mol. The van der Waals surface area contributed by atoms with Gasteiger partial charge in [-0.05, 0) is 12.1 Å². The molecule has 0 aromatic carbocycles. The van der Waals surface area contributed by atoms with E-state index in [0.717, 1.165) is 42.4 Å². The Bertz CT molecular complexity index is 559. The largest absolute Gasteiger partial charge is 0.338 e. The molecule has 3 heterocycles. The number of hydrogen-bond donors (Lipinski definition) is 1. The predicted molar refractivity (Wildman–Crippen MR) is 81.2 cm³/mol. The Kier molecular flexibility index (Phi) is 4.11. The van der Waals surface area contributed by atoms with Crippen LogP contribution in [0.4, 0.5) is 4.79 Å². The maximum atomic E-state index is 11.9. The lowest BCUT2D eigenvalue weighted by Crippen LogP contribution is -2.44. The van der Waals surface area contributed by atoms with Crippen molar-refractivity contribution in [3.8, 4) is 0 Å². The van der Waals surface area contributed by atoms with Gasteiger partial charge in [0.2, 0.25) is 0 Å². The van der Waals surface area contributed by atoms with E-state index in [9.17, 15) is 4.79 Å². The summed E-state index contributed by atoms with van der Waals surface area (Å²) in [5.41, 5.74) is 1.95. The van der Waals surface area contributed by atoms with Crippen LogP contribution >= 0.6 is 11.8 Å². The third-order valence-corrected chi connectivity index (χ3v) is 4.31. The van der Waals surface area contributed by atoms with Gasteiger partial charge >= 0.3 is 6.03 Å². The van der Waals surface area contributed by atoms with Crippen LogP contribution in [0.2, 0.25) is 0 Å². The van der Waals surface area contributed by atoms with Gasteiger partial charge in [0, 0.05) is 50.0 Å². The van der Waals surface area contributed by atoms with Crippen LogP contribution in [0.3, 0.4) is 0 Å². The van der Waals surface area contributed by atoms with Gasteiger partial charge in [-0.1, -0.05) is 6.07 Å². The number of aromatic nitrogens is 2. The first-order chi connectivity index (χ1) is 9.83. The SMILES string of the molecule is O=C(NCCc1cn2ccccc2n1)N1CCSCC1. The molecule has 1 N–H and O–H groups in total. The average molecular weight is 290 g/mol. The summed E-state index contributed by atoms with van der Waals surface area (Å²) in [5.74, 6) is 2.08. The lowest BCUT2D eigenvalue weighted by atomic mass is 10.3. The minimum absolute atomic E-state index is 0.0501. The van der Waals surface area contributed by atoms with Crippen LogP contribution in [0.1, 0.15) is 5.69 Å². The molecule has 5 nitrogen and oxygen atoms in total. The summed E-state index contributed by atoms with van der Waals surface area (Å²) in [4.78, 5) is 18.3. The Morgan fingerprint density at radius 1 is 1.35 bits per heavy atom. The molecule has 0 atom stereocenters. The third-order valence-electron chi connectivity index (χ3n) is 3.37. The molecule has 0 bridgehead atoms. The van der Waals surface area contributed by atoms with Crippen LogP contribution in [0, 0.1) is 0 Å². The smallest absolute Gasteiger partial charge is 0.317 e. The Labute approximate surface area is 122 Å². The number of urea groups is 1. The van der Waals surface area contributed by atoms with E-state index >= 15 is 0 Å². The van der Waals surface area contributed by atoms with Crippen LogP contribution in [0.5, 0.6) is 0 Å². The molecule has 0 radical (unpaired) electrons. The highest BCUT2D eigenvalue weighted by molar-refractivity contribution is 7.99. The minimum Gasteiger partial charge on any atom is -0.338 e. The zero-order valence-electron chi connectivity index (χ0n) is 11.3. The molecule has 1 fully saturated rings. The molecule has 3 rings (SSSR count). The van der Waals surface area contributed by atoms with E-state index in [0.29, 0.717) is 6.54 Å². The molecule has 2 amide bonds. The fourth-order valence-electron chi connectivity index (χ4n) is 2.28. The molecular formula is C14H18N4OS. The molecule has 2 aromatic rings. The van der Waals surface area contributed by atoms with Crippen molar-refractivity contribution < 1.29 is 4.79 Å². The Morgan fingerprint density at radius 2 is 2.20 bits per heavy atom. The quantitative estimate of drug-likeness (QED) is 0.935. The zero-order valence-corrected chi connectivity index (χ0v) is 12.1. The van der Waals surface area contributed by atoms with Gasteiger partial charge in [0.15, 0.2) is 0 Å². The van der Waals surface area contributed by atoms with Gasteiger partial charge in [0.25, 0.3) is 0 Å². The van der Waals surface area contributed by atoms with Crippen LogP contribution in [-0.4, -0.2) is 51.5 Å². The topological polar surface area (TPSA) is 49.6 Å². The molecule has 0 unspecified atom stereocenters. The Hall–Kier alpha value is -1.69. The Balaban J connectivity index is 1.50. The van der Waals surface area contributed by atoms with Crippen molar-refractivity contribution in [1.82, 2.24) is 19.6 Å². The second-order valence-corrected chi connectivity index (χ2v) is 6.00. The molecule has 1 aliphatic rings. The number of nitrogens with zero attached hydrogens (tertiary/aromatic N) is 3. The molecule has 20 heavy (non-hydrogen) atoms. The number of pyridine rings is 1. The van der Waals surface area contributed by atoms with E-state index < -0.39 is 0 Å². The molecule has 0 spiro atoms. The summed E-state index contributed by atoms with van der Waals surface area (Å²) in [6, 6.07) is 5.98. The van der Waals surface area contributed by atoms with Crippen molar-refractivity contribution in [3.05, 3.63) is 36.3 Å². The van der Waals surface area contributed by atoms with Gasteiger partial charge in [-0.2, -0.15) is 11.8 Å². The van der Waals surface area contributed by atoms with E-state index in [2.05, 4.69) is 10.3 Å². The molecule has 106 valence electrons. The number of fused-ring (bicyclic) bond motifs is 1. The van der Waals surface area contributed by atoms with Gasteiger partial charge in [0.1, 0.15) is 5.65 Å². The van der Waals surface area contributed by atoms with E-state index in [-0.39, 0.29) is 6.03 Å². The number of carbonyl (C=O) groups is 1. The third kappa shape index (κ3) is 3.07. The van der Waals surface area contributed by atoms with E-state index in [4.69, 9.17) is 0 Å². The van der Waals surface area contributed by atoms with Crippen molar-refractivity contribution in [2.45, 2.75) is 6.42 Å². The number of rotatable bonds is 3. The molecule has 1 aliphatic heterocycles. The Morgan fingerprint density at radius 3 is 3.00 bits per heavy atom. The van der Waals surface area contributed by atoms with Crippen molar-refractivity contribution in [3.63, 3.8) is 0 Å². The first-order valence-electron chi connectivity index (χ1n) is 6.86. The minimum atomic E-state index is 0.0501. The van der Waals surface area contributed by atoms with Crippen LogP contribution in [0.25, 0.3) is 5.65 Å². The van der Waals surface area contributed by atoms with Gasteiger partial charge in [0.05, 0.1) is 5.69 Å². The van der Waals surface area contributed by atoms with Gasteiger partial charge in [-0.3, -0.25) is 0 Å². The van der Waals surface area contributed by atoms with E-state index in [1.165, 1.54) is 0 Å². The number of thioether (sulfide) groups is 1. The number of amides is 2. The number of carbonyl (C=O) groups excluding carboxylic acids is 1. The van der Waals surface area contributed by atoms with Crippen LogP contribution < -0.4 is 5.32 Å². The second kappa shape index (κ2) is 6.17. The normalized spacial score (nSPS) is 15.5. The lowest BCUT2D eigenvalue weighted by Gasteiger charge is -2.26. The highest BCUT2D eigenvalue weighted by Crippen LogP contribution is 2.09. The standard InChI is InChI=1S/C14H18N4OS/c19-14(17-7-9-20-10-8-17)15-5-4-12-11-18-6-2-1-3-13(18)16-12/h1-3,6,11H,4-5,7-10H2,(H,15,19). The first-order valence-corrected chi connectivity index (χ1v) is 8.01. The molecular weight excluding hydrogens is 272 g/mol. The molecule has 0 saturated carbocycles. The van der Waals surface area contributed by atoms with E-state index in [1.54, 1.807) is 0 Å². The van der Waals surface area contributed by atoms with Gasteiger partial charge in [-0.25, -0.2) is 9.78 Å². The number of nitrogens with one attached hydrogen (secondary N) is 1. The van der Waals surface area contributed by atoms with E-state index in [1.807, 2.05) is 51.7 Å². The predicted octanol–water partition coefficient (Wildman–Crippen LogP) is 1.64. The summed E-state index contributed by atoms with van der Waals surface area (Å²) in [5, 5.41) is 2.97. The zero-order chi connectivity index (χ0) is 13.8. The molecule has 1 saturated heterocycles. The number of hydrogen-bond acceptors (Lipinski definition) is 3. The number of imidazole rings is 1.